The number of aryl methyl sites for hydroxylation is 1. The van der Waals surface area contributed by atoms with Crippen LogP contribution in [-0.2, 0) is 43.2 Å². The number of esters is 2. The van der Waals surface area contributed by atoms with E-state index >= 15 is 0 Å². The molecular formula is C25H26N4O8S3. The monoisotopic (exact) mass is 606 g/mol. The van der Waals surface area contributed by atoms with Crippen LogP contribution in [0.25, 0.3) is 10.2 Å². The number of nitrogens with one attached hydrogen (secondary N) is 1. The number of hydrogen-bond acceptors (Lipinski definition) is 11. The summed E-state index contributed by atoms with van der Waals surface area (Å²) in [5.41, 5.74) is 1.72. The van der Waals surface area contributed by atoms with Crippen molar-refractivity contribution in [3.8, 4) is 0 Å². The Hall–Kier alpha value is -3.56. The molecule has 12 nitrogen and oxygen atoms in total. The quantitative estimate of drug-likeness (QED) is 0.166. The van der Waals surface area contributed by atoms with E-state index in [0.717, 1.165) is 65.6 Å². The molecule has 40 heavy (non-hydrogen) atoms. The molecule has 0 radical (unpaired) electrons. The summed E-state index contributed by atoms with van der Waals surface area (Å²) in [6, 6.07) is 4.14. The summed E-state index contributed by atoms with van der Waals surface area (Å²) in [6.45, 7) is -0.233. The van der Waals surface area contributed by atoms with Crippen LogP contribution in [0.5, 0.6) is 0 Å². The van der Waals surface area contributed by atoms with Crippen LogP contribution in [0.1, 0.15) is 40.1 Å². The Morgan fingerprint density at radius 1 is 1.10 bits per heavy atom. The molecular weight excluding hydrogens is 580 g/mol. The third kappa shape index (κ3) is 6.77. The van der Waals surface area contributed by atoms with E-state index in [0.29, 0.717) is 20.8 Å². The first-order chi connectivity index (χ1) is 19.2. The lowest BCUT2D eigenvalue weighted by atomic mass is 10.1. The molecule has 2 amide bonds. The summed E-state index contributed by atoms with van der Waals surface area (Å²) in [5, 5.41) is 14.4. The van der Waals surface area contributed by atoms with E-state index in [9.17, 15) is 29.3 Å². The maximum atomic E-state index is 12.7. The van der Waals surface area contributed by atoms with Crippen LogP contribution in [0.2, 0.25) is 0 Å². The molecule has 0 aliphatic heterocycles. The first kappa shape index (κ1) is 29.4. The number of thioether (sulfide) groups is 1. The van der Waals surface area contributed by atoms with Crippen LogP contribution in [0.15, 0.2) is 23.2 Å². The molecule has 0 fully saturated rings. The number of rotatable bonds is 9. The van der Waals surface area contributed by atoms with Gasteiger partial charge in [-0.2, -0.15) is 4.99 Å². The number of thiophene rings is 1. The molecule has 0 saturated heterocycles. The molecule has 0 spiro atoms. The number of carbonyl (C=O) groups excluding carboxylic acids is 4. The van der Waals surface area contributed by atoms with Crippen molar-refractivity contribution in [1.82, 2.24) is 4.57 Å². The summed E-state index contributed by atoms with van der Waals surface area (Å²) >= 11 is 3.48. The second-order valence-electron chi connectivity index (χ2n) is 8.76. The number of carbonyl (C=O) groups is 4. The van der Waals surface area contributed by atoms with Crippen molar-refractivity contribution in [1.29, 1.82) is 0 Å². The normalized spacial score (nSPS) is 13.4. The van der Waals surface area contributed by atoms with Gasteiger partial charge in [-0.15, -0.1) is 23.1 Å². The van der Waals surface area contributed by atoms with Crippen molar-refractivity contribution >= 4 is 79.1 Å². The number of non-ortho nitro benzene ring substituents is 1. The summed E-state index contributed by atoms with van der Waals surface area (Å²) in [5.74, 6) is -2.14. The molecule has 0 atom stereocenters. The van der Waals surface area contributed by atoms with Crippen molar-refractivity contribution in [2.45, 2.75) is 38.6 Å². The topological polar surface area (TPSA) is 159 Å². The number of hydrogen-bond donors (Lipinski definition) is 1. The van der Waals surface area contributed by atoms with Gasteiger partial charge in [0.25, 0.3) is 11.6 Å². The van der Waals surface area contributed by atoms with Gasteiger partial charge in [0.1, 0.15) is 11.5 Å². The molecule has 0 bridgehead atoms. The first-order valence-corrected chi connectivity index (χ1v) is 15.0. The number of aromatic nitrogens is 1. The molecule has 2 heterocycles. The Kier molecular flexibility index (Phi) is 9.71. The van der Waals surface area contributed by atoms with Crippen molar-refractivity contribution in [3.05, 3.63) is 49.1 Å². The molecule has 0 saturated carbocycles. The average Bonchev–Trinajstić information content (AvgIpc) is 3.34. The number of benzene rings is 1. The number of ether oxygens (including phenoxy) is 2. The lowest BCUT2D eigenvalue weighted by Crippen LogP contribution is -2.23. The standard InChI is InChI=1S/C25H26N4O8S3/c1-36-21(32)11-28-16-9-8-14(29(34)35)10-18(16)40-25(28)27-20(31)13-38-12-19(30)26-23-22(24(33)37-2)15-6-4-3-5-7-17(15)39-23/h8-10H,3-7,11-13H2,1-2H3,(H,26,30). The Bertz CT molecular complexity index is 1560. The summed E-state index contributed by atoms with van der Waals surface area (Å²) in [6.07, 6.45) is 4.70. The van der Waals surface area contributed by atoms with Crippen LogP contribution >= 0.6 is 34.4 Å². The van der Waals surface area contributed by atoms with Crippen LogP contribution in [0.3, 0.4) is 0 Å². The van der Waals surface area contributed by atoms with E-state index < -0.39 is 22.8 Å². The molecule has 4 rings (SSSR count). The van der Waals surface area contributed by atoms with E-state index in [1.165, 1.54) is 48.3 Å². The minimum absolute atomic E-state index is 0.0504. The lowest BCUT2D eigenvalue weighted by molar-refractivity contribution is -0.384. The number of nitrogens with zero attached hydrogens (tertiary/aromatic N) is 3. The Morgan fingerprint density at radius 2 is 1.88 bits per heavy atom. The van der Waals surface area contributed by atoms with E-state index in [4.69, 9.17) is 9.47 Å². The van der Waals surface area contributed by atoms with Gasteiger partial charge in [0.2, 0.25) is 5.91 Å². The van der Waals surface area contributed by atoms with Gasteiger partial charge in [-0.1, -0.05) is 17.8 Å². The molecule has 1 aliphatic rings. The summed E-state index contributed by atoms with van der Waals surface area (Å²) < 4.78 is 11.6. The molecule has 3 aromatic rings. The van der Waals surface area contributed by atoms with Gasteiger partial charge in [0.15, 0.2) is 4.80 Å². The van der Waals surface area contributed by atoms with E-state index in [2.05, 4.69) is 10.3 Å². The molecule has 15 heteroatoms. The average molecular weight is 607 g/mol. The van der Waals surface area contributed by atoms with Crippen molar-refractivity contribution < 1.29 is 33.6 Å². The minimum Gasteiger partial charge on any atom is -0.468 e. The van der Waals surface area contributed by atoms with E-state index in [-0.39, 0.29) is 34.4 Å². The summed E-state index contributed by atoms with van der Waals surface area (Å²) in [7, 11) is 2.54. The van der Waals surface area contributed by atoms with E-state index in [1.807, 2.05) is 0 Å². The summed E-state index contributed by atoms with van der Waals surface area (Å²) in [4.78, 5) is 65.7. The van der Waals surface area contributed by atoms with Gasteiger partial charge in [0, 0.05) is 17.0 Å². The molecule has 212 valence electrons. The highest BCUT2D eigenvalue weighted by molar-refractivity contribution is 8.00. The zero-order valence-electron chi connectivity index (χ0n) is 21.7. The Labute approximate surface area is 240 Å². The highest BCUT2D eigenvalue weighted by Crippen LogP contribution is 2.38. The fourth-order valence-electron chi connectivity index (χ4n) is 4.29. The number of thiazole rings is 1. The van der Waals surface area contributed by atoms with Crippen molar-refractivity contribution in [3.63, 3.8) is 0 Å². The fraction of sp³-hybridized carbons (Fsp3) is 0.400. The minimum atomic E-state index is -0.574. The molecule has 0 unspecified atom stereocenters. The van der Waals surface area contributed by atoms with Crippen molar-refractivity contribution in [2.24, 2.45) is 4.99 Å². The fourth-order valence-corrected chi connectivity index (χ4v) is 7.26. The molecule has 1 aliphatic carbocycles. The number of amides is 2. The van der Waals surface area contributed by atoms with Gasteiger partial charge in [-0.3, -0.25) is 24.5 Å². The lowest BCUT2D eigenvalue weighted by Gasteiger charge is -2.07. The van der Waals surface area contributed by atoms with Gasteiger partial charge < -0.3 is 19.4 Å². The Morgan fingerprint density at radius 3 is 2.60 bits per heavy atom. The van der Waals surface area contributed by atoms with Gasteiger partial charge in [-0.25, -0.2) is 4.79 Å². The predicted molar refractivity (Wildman–Crippen MR) is 152 cm³/mol. The largest absolute Gasteiger partial charge is 0.468 e. The zero-order valence-corrected chi connectivity index (χ0v) is 24.2. The van der Waals surface area contributed by atoms with Gasteiger partial charge >= 0.3 is 11.9 Å². The highest BCUT2D eigenvalue weighted by Gasteiger charge is 2.26. The number of methoxy groups -OCH3 is 2. The molecule has 1 aromatic carbocycles. The first-order valence-electron chi connectivity index (χ1n) is 12.2. The number of anilines is 1. The van der Waals surface area contributed by atoms with Crippen LogP contribution < -0.4 is 10.1 Å². The van der Waals surface area contributed by atoms with Crippen LogP contribution in [0, 0.1) is 10.1 Å². The smallest absolute Gasteiger partial charge is 0.341 e. The number of nitro groups is 1. The molecule has 2 aromatic heterocycles. The van der Waals surface area contributed by atoms with Crippen molar-refractivity contribution in [2.75, 3.05) is 31.0 Å². The van der Waals surface area contributed by atoms with Crippen LogP contribution in [0.4, 0.5) is 10.7 Å². The third-order valence-corrected chi connectivity index (χ3v) is 9.30. The maximum absolute atomic E-state index is 12.7. The zero-order chi connectivity index (χ0) is 28.8. The Balaban J connectivity index is 1.45. The number of nitro benzene ring substituents is 1. The molecule has 1 N–H and O–H groups in total. The highest BCUT2D eigenvalue weighted by atomic mass is 32.2. The second-order valence-corrected chi connectivity index (χ2v) is 11.9. The third-order valence-electron chi connectivity index (χ3n) is 6.13. The maximum Gasteiger partial charge on any atom is 0.341 e. The van der Waals surface area contributed by atoms with Gasteiger partial charge in [0.05, 0.1) is 46.4 Å². The predicted octanol–water partition coefficient (Wildman–Crippen LogP) is 3.70. The SMILES string of the molecule is COC(=O)Cn1c(=NC(=O)CSCC(=O)Nc2sc3c(c2C(=O)OC)CCCCC3)sc2cc([N+](=O)[O-])ccc21. The number of fused-ring (bicyclic) bond motifs is 2. The van der Waals surface area contributed by atoms with Gasteiger partial charge in [-0.05, 0) is 37.3 Å². The second kappa shape index (κ2) is 13.2. The van der Waals surface area contributed by atoms with Crippen LogP contribution in [-0.4, -0.2) is 59.0 Å². The van der Waals surface area contributed by atoms with E-state index in [1.54, 1.807) is 0 Å².